The number of carbonyl (C=O) groups excluding carboxylic acids is 1. The maximum atomic E-state index is 11.2. The summed E-state index contributed by atoms with van der Waals surface area (Å²) in [5.41, 5.74) is 5.57. The van der Waals surface area contributed by atoms with Crippen molar-refractivity contribution in [3.8, 4) is 0 Å². The van der Waals surface area contributed by atoms with E-state index in [0.717, 1.165) is 0 Å². The normalized spacial score (nSPS) is 20.3. The van der Waals surface area contributed by atoms with E-state index in [1.807, 2.05) is 13.8 Å². The first-order valence-corrected chi connectivity index (χ1v) is 4.15. The Hall–Kier alpha value is -0.610. The van der Waals surface area contributed by atoms with Crippen molar-refractivity contribution in [2.45, 2.75) is 26.0 Å². The van der Waals surface area contributed by atoms with Crippen LogP contribution < -0.4 is 5.73 Å². The van der Waals surface area contributed by atoms with Gasteiger partial charge in [-0.15, -0.1) is 0 Å². The van der Waals surface area contributed by atoms with Crippen molar-refractivity contribution in [1.82, 2.24) is 0 Å². The fourth-order valence-electron chi connectivity index (χ4n) is 0.797. The fraction of sp³-hybridized carbons (Fsp3) is 0.875. The molecule has 0 aliphatic carbocycles. The molecule has 1 heterocycles. The van der Waals surface area contributed by atoms with Crippen molar-refractivity contribution in [2.75, 3.05) is 13.2 Å². The Bertz CT molecular complexity index is 166. The largest absolute Gasteiger partial charge is 0.456 e. The molecule has 4 nitrogen and oxygen atoms in total. The molecule has 70 valence electrons. The van der Waals surface area contributed by atoms with Crippen molar-refractivity contribution >= 4 is 5.97 Å². The van der Waals surface area contributed by atoms with Crippen molar-refractivity contribution in [2.24, 2.45) is 11.7 Å². The predicted molar refractivity (Wildman–Crippen MR) is 43.5 cm³/mol. The Morgan fingerprint density at radius 1 is 1.58 bits per heavy atom. The van der Waals surface area contributed by atoms with Crippen LogP contribution in [0.25, 0.3) is 0 Å². The summed E-state index contributed by atoms with van der Waals surface area (Å²) in [6.45, 7) is 4.81. The molecule has 12 heavy (non-hydrogen) atoms. The summed E-state index contributed by atoms with van der Waals surface area (Å²) in [6, 6.07) is -0.509. The zero-order valence-electron chi connectivity index (χ0n) is 7.45. The summed E-state index contributed by atoms with van der Waals surface area (Å²) in [7, 11) is 0. The number of rotatable bonds is 3. The van der Waals surface area contributed by atoms with Gasteiger partial charge in [0.1, 0.15) is 12.1 Å². The molecular weight excluding hydrogens is 158 g/mol. The first-order chi connectivity index (χ1) is 5.61. The minimum absolute atomic E-state index is 0.0673. The maximum absolute atomic E-state index is 11.2. The van der Waals surface area contributed by atoms with Crippen LogP contribution in [0.4, 0.5) is 0 Å². The SMILES string of the molecule is CC(C)[C@H](N)C(=O)OC1COC1. The van der Waals surface area contributed by atoms with Gasteiger partial charge in [0.05, 0.1) is 13.2 Å². The van der Waals surface area contributed by atoms with E-state index in [9.17, 15) is 4.79 Å². The van der Waals surface area contributed by atoms with Gasteiger partial charge in [-0.2, -0.15) is 0 Å². The number of esters is 1. The molecule has 1 atom stereocenters. The standard InChI is InChI=1S/C8H15NO3/c1-5(2)7(9)8(10)12-6-3-11-4-6/h5-7H,3-4,9H2,1-2H3/t7-/m0/s1. The van der Waals surface area contributed by atoms with Crippen LogP contribution in [0.5, 0.6) is 0 Å². The molecule has 1 aliphatic heterocycles. The van der Waals surface area contributed by atoms with Gasteiger partial charge in [0.25, 0.3) is 0 Å². The van der Waals surface area contributed by atoms with Crippen molar-refractivity contribution in [3.05, 3.63) is 0 Å². The van der Waals surface area contributed by atoms with Crippen LogP contribution in [0.3, 0.4) is 0 Å². The van der Waals surface area contributed by atoms with Gasteiger partial charge in [-0.1, -0.05) is 13.8 Å². The molecule has 1 saturated heterocycles. The first-order valence-electron chi connectivity index (χ1n) is 4.15. The quantitative estimate of drug-likeness (QED) is 0.606. The molecule has 0 bridgehead atoms. The highest BCUT2D eigenvalue weighted by molar-refractivity contribution is 5.76. The summed E-state index contributed by atoms with van der Waals surface area (Å²) >= 11 is 0. The van der Waals surface area contributed by atoms with Crippen LogP contribution in [-0.2, 0) is 14.3 Å². The summed E-state index contributed by atoms with van der Waals surface area (Å²) in [5.74, 6) is -0.197. The third kappa shape index (κ3) is 2.19. The number of hydrogen-bond acceptors (Lipinski definition) is 4. The topological polar surface area (TPSA) is 61.6 Å². The molecule has 0 radical (unpaired) electrons. The van der Waals surface area contributed by atoms with E-state index in [1.165, 1.54) is 0 Å². The van der Waals surface area contributed by atoms with Gasteiger partial charge in [0.2, 0.25) is 0 Å². The lowest BCUT2D eigenvalue weighted by molar-refractivity contribution is -0.174. The van der Waals surface area contributed by atoms with E-state index in [-0.39, 0.29) is 18.0 Å². The highest BCUT2D eigenvalue weighted by Gasteiger charge is 2.26. The molecule has 4 heteroatoms. The van der Waals surface area contributed by atoms with E-state index in [4.69, 9.17) is 15.2 Å². The zero-order valence-corrected chi connectivity index (χ0v) is 7.45. The lowest BCUT2D eigenvalue weighted by Gasteiger charge is -2.27. The Labute approximate surface area is 72.0 Å². The number of nitrogens with two attached hydrogens (primary N) is 1. The van der Waals surface area contributed by atoms with E-state index in [0.29, 0.717) is 13.2 Å². The second kappa shape index (κ2) is 3.87. The van der Waals surface area contributed by atoms with Crippen LogP contribution >= 0.6 is 0 Å². The third-order valence-electron chi connectivity index (χ3n) is 1.88. The molecule has 1 aliphatic rings. The second-order valence-corrected chi connectivity index (χ2v) is 3.37. The minimum atomic E-state index is -0.509. The van der Waals surface area contributed by atoms with Gasteiger partial charge in [-0.05, 0) is 5.92 Å². The Morgan fingerprint density at radius 3 is 2.50 bits per heavy atom. The van der Waals surface area contributed by atoms with Gasteiger partial charge < -0.3 is 15.2 Å². The number of carbonyl (C=O) groups is 1. The van der Waals surface area contributed by atoms with Gasteiger partial charge in [0, 0.05) is 0 Å². The monoisotopic (exact) mass is 173 g/mol. The molecule has 1 rings (SSSR count). The van der Waals surface area contributed by atoms with Crippen LogP contribution in [0.1, 0.15) is 13.8 Å². The molecule has 0 amide bonds. The molecule has 0 saturated carbocycles. The van der Waals surface area contributed by atoms with Gasteiger partial charge in [-0.3, -0.25) is 4.79 Å². The van der Waals surface area contributed by atoms with Gasteiger partial charge in [0.15, 0.2) is 0 Å². The van der Waals surface area contributed by atoms with Crippen LogP contribution in [0.15, 0.2) is 0 Å². The predicted octanol–water partition coefficient (Wildman–Crippen LogP) is -0.0883. The molecule has 0 aromatic carbocycles. The molecule has 0 aromatic rings. The summed E-state index contributed by atoms with van der Waals surface area (Å²) < 4.78 is 9.88. The zero-order chi connectivity index (χ0) is 9.14. The van der Waals surface area contributed by atoms with Gasteiger partial charge in [-0.25, -0.2) is 0 Å². The van der Waals surface area contributed by atoms with Crippen molar-refractivity contribution < 1.29 is 14.3 Å². The van der Waals surface area contributed by atoms with E-state index >= 15 is 0 Å². The van der Waals surface area contributed by atoms with E-state index in [2.05, 4.69) is 0 Å². The van der Waals surface area contributed by atoms with Gasteiger partial charge >= 0.3 is 5.97 Å². The summed E-state index contributed by atoms with van der Waals surface area (Å²) in [6.07, 6.45) is -0.0673. The molecular formula is C8H15NO3. The Morgan fingerprint density at radius 2 is 2.17 bits per heavy atom. The average molecular weight is 173 g/mol. The van der Waals surface area contributed by atoms with E-state index in [1.54, 1.807) is 0 Å². The van der Waals surface area contributed by atoms with E-state index < -0.39 is 6.04 Å². The highest BCUT2D eigenvalue weighted by atomic mass is 16.6. The fourth-order valence-corrected chi connectivity index (χ4v) is 0.797. The summed E-state index contributed by atoms with van der Waals surface area (Å²) in [4.78, 5) is 11.2. The average Bonchev–Trinajstić information content (AvgIpc) is 1.94. The van der Waals surface area contributed by atoms with Crippen molar-refractivity contribution in [1.29, 1.82) is 0 Å². The molecule has 0 aromatic heterocycles. The molecule has 0 spiro atoms. The lowest BCUT2D eigenvalue weighted by Crippen LogP contribution is -2.44. The lowest BCUT2D eigenvalue weighted by atomic mass is 10.1. The highest BCUT2D eigenvalue weighted by Crippen LogP contribution is 2.08. The number of ether oxygens (including phenoxy) is 2. The Balaban J connectivity index is 2.26. The van der Waals surface area contributed by atoms with Crippen molar-refractivity contribution in [3.63, 3.8) is 0 Å². The van der Waals surface area contributed by atoms with Crippen LogP contribution in [0.2, 0.25) is 0 Å². The van der Waals surface area contributed by atoms with Crippen LogP contribution in [0, 0.1) is 5.92 Å². The smallest absolute Gasteiger partial charge is 0.323 e. The third-order valence-corrected chi connectivity index (χ3v) is 1.88. The second-order valence-electron chi connectivity index (χ2n) is 3.37. The maximum Gasteiger partial charge on any atom is 0.323 e. The Kier molecular flexibility index (Phi) is 3.05. The molecule has 1 fully saturated rings. The van der Waals surface area contributed by atoms with Crippen LogP contribution in [-0.4, -0.2) is 31.3 Å². The molecule has 0 unspecified atom stereocenters. The molecule has 2 N–H and O–H groups in total. The number of hydrogen-bond donors (Lipinski definition) is 1. The minimum Gasteiger partial charge on any atom is -0.456 e. The summed E-state index contributed by atoms with van der Waals surface area (Å²) in [5, 5.41) is 0. The first kappa shape index (κ1) is 9.48.